The highest BCUT2D eigenvalue weighted by Crippen LogP contribution is 2.41. The molecule has 0 aliphatic carbocycles. The molecule has 2 aliphatic heterocycles. The van der Waals surface area contributed by atoms with E-state index in [-0.39, 0.29) is 29.9 Å². The Balaban J connectivity index is 0.00000147. The van der Waals surface area contributed by atoms with E-state index in [1.807, 2.05) is 0 Å². The molecule has 1 N–H and O–H groups in total. The molecule has 2 unspecified atom stereocenters. The van der Waals surface area contributed by atoms with Gasteiger partial charge in [0.25, 0.3) is 5.91 Å². The Morgan fingerprint density at radius 3 is 2.65 bits per heavy atom. The molecule has 1 fully saturated rings. The second-order valence-electron chi connectivity index (χ2n) is 5.02. The number of fused-ring (bicyclic) bond motifs is 3. The van der Waals surface area contributed by atoms with Gasteiger partial charge in [0.15, 0.2) is 0 Å². The highest BCUT2D eigenvalue weighted by Gasteiger charge is 2.45. The van der Waals surface area contributed by atoms with Crippen molar-refractivity contribution in [2.75, 3.05) is 20.1 Å². The average molecular weight is 307 g/mol. The zero-order valence-corrected chi connectivity index (χ0v) is 11.5. The van der Waals surface area contributed by atoms with Crippen molar-refractivity contribution in [1.29, 1.82) is 0 Å². The number of amides is 1. The molecular formula is C13H14ClF3N2O. The van der Waals surface area contributed by atoms with Gasteiger partial charge in [-0.3, -0.25) is 4.79 Å². The minimum absolute atomic E-state index is 0. The molecule has 1 aromatic rings. The molecule has 1 saturated heterocycles. The van der Waals surface area contributed by atoms with E-state index >= 15 is 0 Å². The fourth-order valence-electron chi connectivity index (χ4n) is 3.07. The molecule has 0 saturated carbocycles. The number of halogens is 4. The van der Waals surface area contributed by atoms with Crippen LogP contribution < -0.4 is 5.32 Å². The van der Waals surface area contributed by atoms with Crippen molar-refractivity contribution in [3.63, 3.8) is 0 Å². The van der Waals surface area contributed by atoms with Crippen molar-refractivity contribution in [1.82, 2.24) is 10.2 Å². The molecule has 3 rings (SSSR count). The van der Waals surface area contributed by atoms with Crippen LogP contribution in [0.4, 0.5) is 13.2 Å². The predicted molar refractivity (Wildman–Crippen MR) is 70.2 cm³/mol. The van der Waals surface area contributed by atoms with Gasteiger partial charge in [-0.15, -0.1) is 12.4 Å². The van der Waals surface area contributed by atoms with Crippen LogP contribution in [-0.2, 0) is 6.18 Å². The third-order valence-electron chi connectivity index (χ3n) is 4.02. The molecular weight excluding hydrogens is 293 g/mol. The monoisotopic (exact) mass is 306 g/mol. The van der Waals surface area contributed by atoms with Crippen LogP contribution in [0.5, 0.6) is 0 Å². The second-order valence-corrected chi connectivity index (χ2v) is 5.02. The van der Waals surface area contributed by atoms with Gasteiger partial charge in [0.2, 0.25) is 0 Å². The van der Waals surface area contributed by atoms with E-state index in [2.05, 4.69) is 5.32 Å². The fourth-order valence-corrected chi connectivity index (χ4v) is 3.07. The van der Waals surface area contributed by atoms with E-state index in [9.17, 15) is 18.0 Å². The van der Waals surface area contributed by atoms with Crippen LogP contribution >= 0.6 is 12.4 Å². The molecule has 7 heteroatoms. The summed E-state index contributed by atoms with van der Waals surface area (Å²) in [5.41, 5.74) is -0.484. The summed E-state index contributed by atoms with van der Waals surface area (Å²) in [7, 11) is 1.57. The first-order valence-electron chi connectivity index (χ1n) is 6.09. The number of alkyl halides is 3. The van der Waals surface area contributed by atoms with Gasteiger partial charge in [-0.2, -0.15) is 13.2 Å². The Morgan fingerprint density at radius 1 is 1.30 bits per heavy atom. The molecule has 0 aromatic heterocycles. The summed E-state index contributed by atoms with van der Waals surface area (Å²) in [6, 6.07) is 3.95. The molecule has 2 atom stereocenters. The minimum atomic E-state index is -4.50. The maximum atomic E-state index is 13.0. The first-order valence-corrected chi connectivity index (χ1v) is 6.09. The lowest BCUT2D eigenvalue weighted by Gasteiger charge is -2.36. The molecule has 20 heavy (non-hydrogen) atoms. The Labute approximate surface area is 120 Å². The number of carbonyl (C=O) groups excluding carboxylic acids is 1. The lowest BCUT2D eigenvalue weighted by Crippen LogP contribution is -2.46. The third kappa shape index (κ3) is 2.07. The van der Waals surface area contributed by atoms with E-state index in [0.717, 1.165) is 6.07 Å². The number of benzene rings is 1. The summed E-state index contributed by atoms with van der Waals surface area (Å²) < 4.78 is 39.1. The molecule has 1 amide bonds. The summed E-state index contributed by atoms with van der Waals surface area (Å²) in [6.45, 7) is 1.24. The number of hydrogen-bond acceptors (Lipinski definition) is 2. The van der Waals surface area contributed by atoms with Gasteiger partial charge < -0.3 is 10.2 Å². The topological polar surface area (TPSA) is 32.3 Å². The summed E-state index contributed by atoms with van der Waals surface area (Å²) in [5, 5.41) is 3.14. The Kier molecular flexibility index (Phi) is 3.73. The van der Waals surface area contributed by atoms with Gasteiger partial charge in [-0.25, -0.2) is 0 Å². The highest BCUT2D eigenvalue weighted by molar-refractivity contribution is 5.99. The van der Waals surface area contributed by atoms with Crippen molar-refractivity contribution < 1.29 is 18.0 Å². The van der Waals surface area contributed by atoms with Crippen molar-refractivity contribution in [3.05, 3.63) is 34.9 Å². The lowest BCUT2D eigenvalue weighted by atomic mass is 9.83. The smallest absolute Gasteiger partial charge is 0.337 e. The van der Waals surface area contributed by atoms with Crippen molar-refractivity contribution >= 4 is 18.3 Å². The number of hydrogen-bond donors (Lipinski definition) is 1. The first-order chi connectivity index (χ1) is 8.91. The van der Waals surface area contributed by atoms with Gasteiger partial charge in [0.05, 0.1) is 17.2 Å². The SMILES string of the molecule is CN1C(=O)c2c(cccc2C(F)(F)F)C2CNCC21.Cl. The molecule has 2 aliphatic rings. The number of nitrogens with zero attached hydrogens (tertiary/aromatic N) is 1. The standard InChI is InChI=1S/C13H13F3N2O.ClH/c1-18-10-6-17-5-8(10)7-3-2-4-9(13(14,15)16)11(7)12(18)19;/h2-4,8,10,17H,5-6H2,1H3;1H. The maximum Gasteiger partial charge on any atom is 0.417 e. The maximum absolute atomic E-state index is 13.0. The minimum Gasteiger partial charge on any atom is -0.337 e. The first kappa shape index (κ1) is 15.1. The van der Waals surface area contributed by atoms with Gasteiger partial charge in [0.1, 0.15) is 0 Å². The highest BCUT2D eigenvalue weighted by atomic mass is 35.5. The predicted octanol–water partition coefficient (Wildman–Crippen LogP) is 2.27. The Morgan fingerprint density at radius 2 is 2.00 bits per heavy atom. The number of carbonyl (C=O) groups is 1. The van der Waals surface area contributed by atoms with Crippen LogP contribution in [-0.4, -0.2) is 37.0 Å². The zero-order valence-electron chi connectivity index (χ0n) is 10.7. The van der Waals surface area contributed by atoms with E-state index in [4.69, 9.17) is 0 Å². The Hall–Kier alpha value is -1.27. The largest absolute Gasteiger partial charge is 0.417 e. The number of rotatable bonds is 0. The molecule has 1 aromatic carbocycles. The molecule has 0 radical (unpaired) electrons. The molecule has 3 nitrogen and oxygen atoms in total. The quantitative estimate of drug-likeness (QED) is 0.797. The summed E-state index contributed by atoms with van der Waals surface area (Å²) in [4.78, 5) is 13.7. The van der Waals surface area contributed by atoms with Crippen molar-refractivity contribution in [2.24, 2.45) is 0 Å². The van der Waals surface area contributed by atoms with E-state index in [1.54, 1.807) is 13.1 Å². The van der Waals surface area contributed by atoms with Gasteiger partial charge >= 0.3 is 6.18 Å². The van der Waals surface area contributed by atoms with Crippen molar-refractivity contribution in [3.8, 4) is 0 Å². The van der Waals surface area contributed by atoms with Crippen LogP contribution in [0.1, 0.15) is 27.4 Å². The van der Waals surface area contributed by atoms with Gasteiger partial charge in [0, 0.05) is 26.1 Å². The van der Waals surface area contributed by atoms with Crippen LogP contribution in [0.15, 0.2) is 18.2 Å². The van der Waals surface area contributed by atoms with E-state index < -0.39 is 17.6 Å². The molecule has 0 bridgehead atoms. The Bertz CT molecular complexity index is 547. The second kappa shape index (κ2) is 4.93. The van der Waals surface area contributed by atoms with Crippen LogP contribution in [0, 0.1) is 0 Å². The van der Waals surface area contributed by atoms with Crippen LogP contribution in [0.3, 0.4) is 0 Å². The number of likely N-dealkylation sites (N-methyl/N-ethyl adjacent to an activating group) is 1. The van der Waals surface area contributed by atoms with Crippen molar-refractivity contribution in [2.45, 2.75) is 18.1 Å². The molecule has 2 heterocycles. The summed E-state index contributed by atoms with van der Waals surface area (Å²) in [5.74, 6) is -0.590. The normalized spacial score (nSPS) is 25.0. The van der Waals surface area contributed by atoms with Crippen LogP contribution in [0.25, 0.3) is 0 Å². The summed E-state index contributed by atoms with van der Waals surface area (Å²) >= 11 is 0. The van der Waals surface area contributed by atoms with Crippen LogP contribution in [0.2, 0.25) is 0 Å². The fraction of sp³-hybridized carbons (Fsp3) is 0.462. The molecule has 0 spiro atoms. The molecule has 110 valence electrons. The van der Waals surface area contributed by atoms with E-state index in [1.165, 1.54) is 11.0 Å². The lowest BCUT2D eigenvalue weighted by molar-refractivity contribution is -0.138. The average Bonchev–Trinajstić information content (AvgIpc) is 2.83. The summed E-state index contributed by atoms with van der Waals surface area (Å²) in [6.07, 6.45) is -4.50. The zero-order chi connectivity index (χ0) is 13.8. The third-order valence-corrected chi connectivity index (χ3v) is 4.02. The van der Waals surface area contributed by atoms with Gasteiger partial charge in [-0.05, 0) is 11.6 Å². The number of nitrogens with one attached hydrogen (secondary N) is 1. The van der Waals surface area contributed by atoms with Gasteiger partial charge in [-0.1, -0.05) is 12.1 Å². The van der Waals surface area contributed by atoms with E-state index in [0.29, 0.717) is 18.7 Å².